The molecule has 3 rings (SSSR count). The van der Waals surface area contributed by atoms with Crippen molar-refractivity contribution < 1.29 is 31.1 Å². The number of carbonyl (C=O) groups is 1. The normalized spacial score (nSPS) is 14.5. The van der Waals surface area contributed by atoms with Gasteiger partial charge >= 0.3 is 0 Å². The fourth-order valence-corrected chi connectivity index (χ4v) is 3.30. The van der Waals surface area contributed by atoms with Gasteiger partial charge in [0.1, 0.15) is 29.3 Å². The van der Waals surface area contributed by atoms with Crippen LogP contribution >= 0.6 is 11.6 Å². The second-order valence-corrected chi connectivity index (χ2v) is 8.39. The molecule has 0 saturated carbocycles. The molecule has 1 N–H and O–H groups in total. The molecule has 150 valence electrons. The Labute approximate surface area is 163 Å². The molecule has 0 unspecified atom stereocenters. The number of ether oxygens (including phenoxy) is 1. The van der Waals surface area contributed by atoms with Crippen LogP contribution in [-0.2, 0) is 10.0 Å². The van der Waals surface area contributed by atoms with Gasteiger partial charge in [-0.15, -0.1) is 0 Å². The van der Waals surface area contributed by atoms with Crippen molar-refractivity contribution in [2.75, 3.05) is 24.2 Å². The van der Waals surface area contributed by atoms with E-state index in [0.717, 1.165) is 24.5 Å². The van der Waals surface area contributed by atoms with E-state index in [4.69, 9.17) is 16.3 Å². The lowest BCUT2D eigenvalue weighted by Crippen LogP contribution is -2.54. The minimum atomic E-state index is -3.86. The summed E-state index contributed by atoms with van der Waals surface area (Å²) in [4.78, 5) is 13.5. The van der Waals surface area contributed by atoms with Gasteiger partial charge in [0.05, 0.1) is 29.9 Å². The fraction of sp³-hybridized carbons (Fsp3) is 0.235. The van der Waals surface area contributed by atoms with Gasteiger partial charge in [-0.05, 0) is 18.2 Å². The molecule has 28 heavy (non-hydrogen) atoms. The van der Waals surface area contributed by atoms with Gasteiger partial charge in [0.25, 0.3) is 5.91 Å². The second kappa shape index (κ2) is 7.51. The van der Waals surface area contributed by atoms with E-state index in [2.05, 4.69) is 0 Å². The highest BCUT2D eigenvalue weighted by Gasteiger charge is 2.30. The highest BCUT2D eigenvalue weighted by molar-refractivity contribution is 7.89. The maximum absolute atomic E-state index is 14.2. The first kappa shape index (κ1) is 20.3. The standard InChI is InChI=1S/C17H14ClF3N2O4S/c1-28(25,26)22-17(24)13-5-14(18)16(6-15(13)21)27-12-7-23(8-12)11-3-9(19)2-10(20)4-11/h2-6,12H,7-8H2,1H3,(H,22,24). The number of carbonyl (C=O) groups excluding carboxylic acids is 1. The van der Waals surface area contributed by atoms with Crippen LogP contribution in [-0.4, -0.2) is 39.8 Å². The predicted molar refractivity (Wildman–Crippen MR) is 96.7 cm³/mol. The average molecular weight is 435 g/mol. The van der Waals surface area contributed by atoms with Crippen LogP contribution in [0.15, 0.2) is 30.3 Å². The van der Waals surface area contributed by atoms with Gasteiger partial charge in [-0.2, -0.15) is 0 Å². The number of nitrogens with zero attached hydrogens (tertiary/aromatic N) is 1. The Bertz CT molecular complexity index is 1020. The third-order valence-electron chi connectivity index (χ3n) is 3.90. The van der Waals surface area contributed by atoms with Crippen molar-refractivity contribution in [2.45, 2.75) is 6.10 Å². The van der Waals surface area contributed by atoms with Crippen LogP contribution in [0.5, 0.6) is 5.75 Å². The molecule has 11 heteroatoms. The summed E-state index contributed by atoms with van der Waals surface area (Å²) in [6.07, 6.45) is 0.341. The van der Waals surface area contributed by atoms with Crippen LogP contribution in [0.3, 0.4) is 0 Å². The number of halogens is 4. The second-order valence-electron chi connectivity index (χ2n) is 6.24. The Morgan fingerprint density at radius 3 is 2.32 bits per heavy atom. The Kier molecular flexibility index (Phi) is 5.44. The number of hydrogen-bond donors (Lipinski definition) is 1. The lowest BCUT2D eigenvalue weighted by atomic mass is 10.1. The molecule has 1 fully saturated rings. The summed E-state index contributed by atoms with van der Waals surface area (Å²) in [6.45, 7) is 0.578. The highest BCUT2D eigenvalue weighted by Crippen LogP contribution is 2.31. The number of benzene rings is 2. The van der Waals surface area contributed by atoms with Gasteiger partial charge in [0.2, 0.25) is 10.0 Å². The van der Waals surface area contributed by atoms with Gasteiger partial charge in [-0.3, -0.25) is 4.79 Å². The summed E-state index contributed by atoms with van der Waals surface area (Å²) in [6, 6.07) is 4.97. The molecule has 0 aliphatic carbocycles. The summed E-state index contributed by atoms with van der Waals surface area (Å²) in [5.74, 6) is -3.61. The van der Waals surface area contributed by atoms with Gasteiger partial charge in [-0.1, -0.05) is 11.6 Å². The van der Waals surface area contributed by atoms with Crippen molar-refractivity contribution >= 4 is 33.2 Å². The molecule has 2 aromatic carbocycles. The van der Waals surface area contributed by atoms with Crippen LogP contribution in [0, 0.1) is 17.5 Å². The molecule has 0 atom stereocenters. The minimum absolute atomic E-state index is 0.0369. The SMILES string of the molecule is CS(=O)(=O)NC(=O)c1cc(Cl)c(OC2CN(c3cc(F)cc(F)c3)C2)cc1F. The van der Waals surface area contributed by atoms with E-state index in [1.807, 2.05) is 0 Å². The lowest BCUT2D eigenvalue weighted by molar-refractivity contribution is 0.0977. The van der Waals surface area contributed by atoms with Crippen molar-refractivity contribution in [3.05, 3.63) is 58.4 Å². The van der Waals surface area contributed by atoms with E-state index in [9.17, 15) is 26.4 Å². The zero-order valence-electron chi connectivity index (χ0n) is 14.4. The zero-order valence-corrected chi connectivity index (χ0v) is 16.0. The van der Waals surface area contributed by atoms with Gasteiger partial charge < -0.3 is 9.64 Å². The van der Waals surface area contributed by atoms with Crippen molar-refractivity contribution in [2.24, 2.45) is 0 Å². The topological polar surface area (TPSA) is 75.7 Å². The van der Waals surface area contributed by atoms with E-state index in [1.165, 1.54) is 12.1 Å². The van der Waals surface area contributed by atoms with Gasteiger partial charge in [0, 0.05) is 17.8 Å². The molecule has 1 heterocycles. The molecule has 1 saturated heterocycles. The maximum Gasteiger partial charge on any atom is 0.267 e. The first-order valence-corrected chi connectivity index (χ1v) is 10.2. The lowest BCUT2D eigenvalue weighted by Gasteiger charge is -2.40. The summed E-state index contributed by atoms with van der Waals surface area (Å²) >= 11 is 6.00. The summed E-state index contributed by atoms with van der Waals surface area (Å²) < 4.78 is 70.1. The zero-order chi connectivity index (χ0) is 20.6. The van der Waals surface area contributed by atoms with Crippen LogP contribution in [0.25, 0.3) is 0 Å². The van der Waals surface area contributed by atoms with Crippen LogP contribution in [0.2, 0.25) is 5.02 Å². The molecule has 0 radical (unpaired) electrons. The van der Waals surface area contributed by atoms with E-state index in [1.54, 1.807) is 9.62 Å². The van der Waals surface area contributed by atoms with Crippen LogP contribution in [0.4, 0.5) is 18.9 Å². The molecule has 0 spiro atoms. The van der Waals surface area contributed by atoms with Gasteiger partial charge in [-0.25, -0.2) is 26.3 Å². The van der Waals surface area contributed by atoms with E-state index < -0.39 is 45.0 Å². The molecule has 2 aromatic rings. The molecular weight excluding hydrogens is 421 g/mol. The quantitative estimate of drug-likeness (QED) is 0.783. The van der Waals surface area contributed by atoms with Crippen molar-refractivity contribution in [3.63, 3.8) is 0 Å². The Morgan fingerprint density at radius 1 is 1.14 bits per heavy atom. The van der Waals surface area contributed by atoms with Gasteiger partial charge in [0.15, 0.2) is 0 Å². The van der Waals surface area contributed by atoms with Crippen LogP contribution < -0.4 is 14.4 Å². The first-order chi connectivity index (χ1) is 13.0. The maximum atomic E-state index is 14.2. The number of anilines is 1. The fourth-order valence-electron chi connectivity index (χ4n) is 2.64. The highest BCUT2D eigenvalue weighted by atomic mass is 35.5. The number of hydrogen-bond acceptors (Lipinski definition) is 5. The third kappa shape index (κ3) is 4.68. The third-order valence-corrected chi connectivity index (χ3v) is 4.75. The smallest absolute Gasteiger partial charge is 0.267 e. The Hall–Kier alpha value is -2.46. The van der Waals surface area contributed by atoms with Crippen LogP contribution in [0.1, 0.15) is 10.4 Å². The van der Waals surface area contributed by atoms with Crippen molar-refractivity contribution in [3.8, 4) is 5.75 Å². The molecule has 1 aliphatic heterocycles. The summed E-state index contributed by atoms with van der Waals surface area (Å²) in [7, 11) is -3.86. The summed E-state index contributed by atoms with van der Waals surface area (Å²) in [5.41, 5.74) is -0.198. The van der Waals surface area contributed by atoms with Crippen molar-refractivity contribution in [1.82, 2.24) is 4.72 Å². The van der Waals surface area contributed by atoms with Crippen molar-refractivity contribution in [1.29, 1.82) is 0 Å². The Morgan fingerprint density at radius 2 is 1.75 bits per heavy atom. The first-order valence-electron chi connectivity index (χ1n) is 7.90. The molecule has 1 aliphatic rings. The monoisotopic (exact) mass is 434 g/mol. The number of sulfonamides is 1. The predicted octanol–water partition coefficient (Wildman–Crippen LogP) is 2.71. The average Bonchev–Trinajstić information content (AvgIpc) is 2.50. The molecular formula is C17H14ClF3N2O4S. The molecule has 0 bridgehead atoms. The van der Waals surface area contributed by atoms with E-state index in [0.29, 0.717) is 5.69 Å². The minimum Gasteiger partial charge on any atom is -0.485 e. The number of nitrogens with one attached hydrogen (secondary N) is 1. The number of amides is 1. The number of rotatable bonds is 5. The Balaban J connectivity index is 1.67. The molecule has 0 aromatic heterocycles. The largest absolute Gasteiger partial charge is 0.485 e. The van der Waals surface area contributed by atoms with E-state index >= 15 is 0 Å². The molecule has 1 amide bonds. The molecule has 6 nitrogen and oxygen atoms in total. The van der Waals surface area contributed by atoms with E-state index in [-0.39, 0.29) is 23.9 Å². The summed E-state index contributed by atoms with van der Waals surface area (Å²) in [5, 5.41) is -0.0877.